The summed E-state index contributed by atoms with van der Waals surface area (Å²) in [4.78, 5) is 13.0. The van der Waals surface area contributed by atoms with Gasteiger partial charge in [0.15, 0.2) is 0 Å². The van der Waals surface area contributed by atoms with Gasteiger partial charge in [-0.2, -0.15) is 4.98 Å². The maximum Gasteiger partial charge on any atom is 0.227 e. The quantitative estimate of drug-likeness (QED) is 0.601. The fraction of sp³-hybridized carbons (Fsp3) is 0.304. The van der Waals surface area contributed by atoms with Gasteiger partial charge in [0.1, 0.15) is 10.7 Å². The highest BCUT2D eigenvalue weighted by Gasteiger charge is 2.25. The number of para-hydroxylation sites is 1. The summed E-state index contributed by atoms with van der Waals surface area (Å²) in [5.41, 5.74) is 8.15. The summed E-state index contributed by atoms with van der Waals surface area (Å²) >= 11 is 6.31. The number of hydrogen-bond acceptors (Lipinski definition) is 7. The molecular weight excluding hydrogens is 446 g/mol. The summed E-state index contributed by atoms with van der Waals surface area (Å²) in [5.74, 6) is 0.699. The first-order valence-electron chi connectivity index (χ1n) is 10.5. The molecule has 2 aromatic carbocycles. The van der Waals surface area contributed by atoms with Gasteiger partial charge in [0.2, 0.25) is 15.8 Å². The largest absolute Gasteiger partial charge is 0.382 e. The van der Waals surface area contributed by atoms with Gasteiger partial charge in [0.05, 0.1) is 21.8 Å². The molecule has 1 fully saturated rings. The third-order valence-corrected chi connectivity index (χ3v) is 7.78. The van der Waals surface area contributed by atoms with Crippen LogP contribution in [0.5, 0.6) is 0 Å². The van der Waals surface area contributed by atoms with Gasteiger partial charge in [-0.1, -0.05) is 49.7 Å². The van der Waals surface area contributed by atoms with Crippen LogP contribution in [0.4, 0.5) is 17.5 Å². The van der Waals surface area contributed by atoms with Crippen LogP contribution in [0.3, 0.4) is 0 Å². The van der Waals surface area contributed by atoms with Gasteiger partial charge in [-0.05, 0) is 35.7 Å². The molecule has 0 bridgehead atoms. The fourth-order valence-corrected chi connectivity index (χ4v) is 5.26. The number of piperazine rings is 1. The maximum atomic E-state index is 13.1. The molecule has 2 heterocycles. The van der Waals surface area contributed by atoms with Crippen molar-refractivity contribution in [3.8, 4) is 0 Å². The summed E-state index contributed by atoms with van der Waals surface area (Å²) in [5, 5.41) is 0.720. The van der Waals surface area contributed by atoms with E-state index in [4.69, 9.17) is 17.3 Å². The molecule has 4 rings (SSSR count). The standard InChI is InChI=1S/C23H26ClN5O2S/c1-16(2)17-7-9-18(10-8-17)32(30,31)21-15-26-23(27-22(21)25)29-13-11-28(12-14-29)20-6-4-3-5-19(20)24/h3-10,15-16H,11-14H2,1-2H3,(H2,25,26,27). The number of anilines is 3. The summed E-state index contributed by atoms with van der Waals surface area (Å²) in [6.45, 7) is 6.95. The van der Waals surface area contributed by atoms with Crippen LogP contribution in [0, 0.1) is 0 Å². The van der Waals surface area contributed by atoms with Crippen LogP contribution in [0.2, 0.25) is 5.02 Å². The lowest BCUT2D eigenvalue weighted by Crippen LogP contribution is -2.47. The summed E-state index contributed by atoms with van der Waals surface area (Å²) < 4.78 is 26.1. The van der Waals surface area contributed by atoms with Crippen LogP contribution in [0.1, 0.15) is 25.3 Å². The first-order valence-corrected chi connectivity index (χ1v) is 12.4. The van der Waals surface area contributed by atoms with E-state index in [9.17, 15) is 8.42 Å². The number of sulfone groups is 1. The number of benzene rings is 2. The minimum absolute atomic E-state index is 0.0449. The van der Waals surface area contributed by atoms with Gasteiger partial charge in [-0.25, -0.2) is 13.4 Å². The molecule has 32 heavy (non-hydrogen) atoms. The second kappa shape index (κ2) is 8.96. The highest BCUT2D eigenvalue weighted by molar-refractivity contribution is 7.91. The van der Waals surface area contributed by atoms with E-state index in [2.05, 4.69) is 28.7 Å². The second-order valence-electron chi connectivity index (χ2n) is 8.07. The van der Waals surface area contributed by atoms with E-state index in [-0.39, 0.29) is 15.6 Å². The van der Waals surface area contributed by atoms with Crippen molar-refractivity contribution >= 4 is 38.9 Å². The van der Waals surface area contributed by atoms with E-state index in [0.29, 0.717) is 25.0 Å². The van der Waals surface area contributed by atoms with E-state index < -0.39 is 9.84 Å². The first-order chi connectivity index (χ1) is 15.3. The van der Waals surface area contributed by atoms with E-state index in [1.54, 1.807) is 12.1 Å². The molecule has 0 spiro atoms. The average Bonchev–Trinajstić information content (AvgIpc) is 2.79. The molecule has 0 aliphatic carbocycles. The monoisotopic (exact) mass is 471 g/mol. The third kappa shape index (κ3) is 4.38. The summed E-state index contributed by atoms with van der Waals surface area (Å²) in [6, 6.07) is 14.6. The Hall–Kier alpha value is -2.84. The molecule has 7 nitrogen and oxygen atoms in total. The lowest BCUT2D eigenvalue weighted by molar-refractivity contribution is 0.595. The van der Waals surface area contributed by atoms with Gasteiger partial charge in [-0.15, -0.1) is 0 Å². The fourth-order valence-electron chi connectivity index (χ4n) is 3.75. The minimum atomic E-state index is -3.80. The number of rotatable bonds is 5. The summed E-state index contributed by atoms with van der Waals surface area (Å²) in [6.07, 6.45) is 1.31. The van der Waals surface area contributed by atoms with Gasteiger partial charge in [-0.3, -0.25) is 0 Å². The summed E-state index contributed by atoms with van der Waals surface area (Å²) in [7, 11) is -3.80. The normalized spacial score (nSPS) is 14.8. The van der Waals surface area contributed by atoms with Gasteiger partial charge < -0.3 is 15.5 Å². The van der Waals surface area contributed by atoms with Crippen LogP contribution < -0.4 is 15.5 Å². The van der Waals surface area contributed by atoms with Crippen LogP contribution in [-0.4, -0.2) is 44.6 Å². The first kappa shape index (κ1) is 22.4. The minimum Gasteiger partial charge on any atom is -0.382 e. The molecule has 3 aromatic rings. The molecule has 0 saturated carbocycles. The Bertz CT molecular complexity index is 1210. The number of hydrogen-bond donors (Lipinski definition) is 1. The van der Waals surface area contributed by atoms with Crippen LogP contribution in [0.15, 0.2) is 64.5 Å². The van der Waals surface area contributed by atoms with E-state index >= 15 is 0 Å². The zero-order valence-corrected chi connectivity index (χ0v) is 19.6. The predicted octanol–water partition coefficient (Wildman–Crippen LogP) is 4.00. The second-order valence-corrected chi connectivity index (χ2v) is 10.4. The zero-order chi connectivity index (χ0) is 22.9. The number of aromatic nitrogens is 2. The Morgan fingerprint density at radius 1 is 0.969 bits per heavy atom. The average molecular weight is 472 g/mol. The Kier molecular flexibility index (Phi) is 6.26. The van der Waals surface area contributed by atoms with Crippen LogP contribution in [0.25, 0.3) is 0 Å². The van der Waals surface area contributed by atoms with Gasteiger partial charge >= 0.3 is 0 Å². The van der Waals surface area contributed by atoms with Crippen LogP contribution in [-0.2, 0) is 9.84 Å². The van der Waals surface area contributed by atoms with Crippen molar-refractivity contribution in [1.82, 2.24) is 9.97 Å². The number of nitrogens with two attached hydrogens (primary N) is 1. The van der Waals surface area contributed by atoms with Crippen molar-refractivity contribution in [2.75, 3.05) is 41.7 Å². The highest BCUT2D eigenvalue weighted by Crippen LogP contribution is 2.29. The van der Waals surface area contributed by atoms with Crippen molar-refractivity contribution in [3.63, 3.8) is 0 Å². The van der Waals surface area contributed by atoms with Crippen molar-refractivity contribution in [3.05, 3.63) is 65.3 Å². The predicted molar refractivity (Wildman–Crippen MR) is 128 cm³/mol. The Morgan fingerprint density at radius 2 is 1.59 bits per heavy atom. The molecule has 0 atom stereocenters. The molecule has 0 radical (unpaired) electrons. The van der Waals surface area contributed by atoms with Crippen molar-refractivity contribution in [1.29, 1.82) is 0 Å². The molecule has 2 N–H and O–H groups in total. The smallest absolute Gasteiger partial charge is 0.227 e. The molecule has 0 unspecified atom stereocenters. The molecule has 168 valence electrons. The Balaban J connectivity index is 1.51. The van der Waals surface area contributed by atoms with Gasteiger partial charge in [0.25, 0.3) is 0 Å². The van der Waals surface area contributed by atoms with Crippen LogP contribution >= 0.6 is 11.6 Å². The van der Waals surface area contributed by atoms with Crippen molar-refractivity contribution < 1.29 is 8.42 Å². The maximum absolute atomic E-state index is 13.1. The van der Waals surface area contributed by atoms with E-state index in [1.807, 2.05) is 41.3 Å². The molecule has 0 amide bonds. The lowest BCUT2D eigenvalue weighted by Gasteiger charge is -2.36. The number of nitrogen functional groups attached to an aromatic ring is 1. The molecule has 1 aliphatic rings. The molecule has 1 aromatic heterocycles. The number of halogens is 1. The van der Waals surface area contributed by atoms with E-state index in [0.717, 1.165) is 29.4 Å². The van der Waals surface area contributed by atoms with Gasteiger partial charge in [0, 0.05) is 26.2 Å². The third-order valence-electron chi connectivity index (χ3n) is 5.67. The lowest BCUT2D eigenvalue weighted by atomic mass is 10.0. The highest BCUT2D eigenvalue weighted by atomic mass is 35.5. The topological polar surface area (TPSA) is 92.4 Å². The Labute approximate surface area is 193 Å². The number of nitrogens with zero attached hydrogens (tertiary/aromatic N) is 4. The Morgan fingerprint density at radius 3 is 2.19 bits per heavy atom. The van der Waals surface area contributed by atoms with Crippen molar-refractivity contribution in [2.45, 2.75) is 29.6 Å². The molecular formula is C23H26ClN5O2S. The zero-order valence-electron chi connectivity index (χ0n) is 18.1. The molecule has 1 aliphatic heterocycles. The van der Waals surface area contributed by atoms with Crippen molar-refractivity contribution in [2.24, 2.45) is 0 Å². The molecule has 9 heteroatoms. The molecule has 1 saturated heterocycles. The SMILES string of the molecule is CC(C)c1ccc(S(=O)(=O)c2cnc(N3CCN(c4ccccc4Cl)CC3)nc2N)cc1. The van der Waals surface area contributed by atoms with E-state index in [1.165, 1.54) is 6.20 Å².